The third-order valence-corrected chi connectivity index (χ3v) is 4.25. The van der Waals surface area contributed by atoms with Crippen LogP contribution >= 0.6 is 23.1 Å². The highest BCUT2D eigenvalue weighted by atomic mass is 32.2. The van der Waals surface area contributed by atoms with Crippen LogP contribution in [0.25, 0.3) is 0 Å². The van der Waals surface area contributed by atoms with Gasteiger partial charge in [-0.15, -0.1) is 11.3 Å². The number of amides is 1. The molecule has 0 aliphatic carbocycles. The molecule has 0 spiro atoms. The summed E-state index contributed by atoms with van der Waals surface area (Å²) in [6.07, 6.45) is 0.726. The minimum absolute atomic E-state index is 0.212. The maximum atomic E-state index is 11.5. The van der Waals surface area contributed by atoms with E-state index >= 15 is 0 Å². The molecule has 2 N–H and O–H groups in total. The first-order chi connectivity index (χ1) is 9.02. The van der Waals surface area contributed by atoms with Crippen molar-refractivity contribution < 1.29 is 14.7 Å². The van der Waals surface area contributed by atoms with Crippen LogP contribution in [-0.2, 0) is 15.3 Å². The number of carbonyl (C=O) groups excluding carboxylic acids is 1. The van der Waals surface area contributed by atoms with E-state index in [0.717, 1.165) is 16.5 Å². The number of carboxylic acids is 1. The number of thioether (sulfide) groups is 1. The van der Waals surface area contributed by atoms with Crippen LogP contribution < -0.4 is 5.32 Å². The lowest BCUT2D eigenvalue weighted by atomic mass is 10.2. The van der Waals surface area contributed by atoms with Crippen LogP contribution in [0.5, 0.6) is 0 Å². The number of aliphatic carboxylic acids is 1. The van der Waals surface area contributed by atoms with Crippen molar-refractivity contribution in [3.63, 3.8) is 0 Å². The van der Waals surface area contributed by atoms with E-state index in [2.05, 4.69) is 10.3 Å². The van der Waals surface area contributed by atoms with Crippen molar-refractivity contribution in [2.75, 3.05) is 5.75 Å². The van der Waals surface area contributed by atoms with Crippen LogP contribution in [0.2, 0.25) is 0 Å². The van der Waals surface area contributed by atoms with E-state index in [4.69, 9.17) is 5.11 Å². The topological polar surface area (TPSA) is 79.3 Å². The Bertz CT molecular complexity index is 434. The van der Waals surface area contributed by atoms with Crippen LogP contribution in [0.1, 0.15) is 30.5 Å². The first-order valence-corrected chi connectivity index (χ1v) is 8.07. The van der Waals surface area contributed by atoms with Crippen molar-refractivity contribution in [1.82, 2.24) is 10.3 Å². The zero-order valence-corrected chi connectivity index (χ0v) is 12.6. The molecular formula is C12H18N2O3S2. The molecule has 0 saturated heterocycles. The molecule has 0 aliphatic rings. The van der Waals surface area contributed by atoms with E-state index in [1.54, 1.807) is 30.0 Å². The number of hydrogen-bond acceptors (Lipinski definition) is 5. The normalized spacial score (nSPS) is 12.1. The number of hydrogen-bond donors (Lipinski definition) is 2. The molecule has 0 bridgehead atoms. The van der Waals surface area contributed by atoms with E-state index in [1.807, 2.05) is 12.3 Å². The second kappa shape index (κ2) is 8.16. The average Bonchev–Trinajstić information content (AvgIpc) is 2.77. The van der Waals surface area contributed by atoms with Crippen molar-refractivity contribution in [3.8, 4) is 0 Å². The molecule has 1 aromatic heterocycles. The zero-order chi connectivity index (χ0) is 14.3. The van der Waals surface area contributed by atoms with E-state index in [0.29, 0.717) is 18.6 Å². The number of carbonyl (C=O) groups is 2. The van der Waals surface area contributed by atoms with Gasteiger partial charge >= 0.3 is 5.97 Å². The Balaban J connectivity index is 2.18. The molecule has 1 amide bonds. The Morgan fingerprint density at radius 2 is 2.32 bits per heavy atom. The Kier molecular flexibility index (Phi) is 6.86. The fourth-order valence-electron chi connectivity index (χ4n) is 1.42. The van der Waals surface area contributed by atoms with Gasteiger partial charge < -0.3 is 10.4 Å². The molecule has 1 aromatic rings. The number of carboxylic acid groups (broad SMARTS) is 1. The Hall–Kier alpha value is -1.08. The highest BCUT2D eigenvalue weighted by molar-refractivity contribution is 7.98. The average molecular weight is 302 g/mol. The summed E-state index contributed by atoms with van der Waals surface area (Å²) in [5.74, 6) is 0.254. The third kappa shape index (κ3) is 6.07. The van der Waals surface area contributed by atoms with Gasteiger partial charge in [-0.25, -0.2) is 9.78 Å². The molecule has 0 fully saturated rings. The molecule has 106 valence electrons. The van der Waals surface area contributed by atoms with Crippen molar-refractivity contribution in [2.24, 2.45) is 0 Å². The fourth-order valence-corrected chi connectivity index (χ4v) is 2.97. The van der Waals surface area contributed by atoms with E-state index in [9.17, 15) is 9.59 Å². The number of nitrogens with one attached hydrogen (secondary N) is 1. The second-order valence-electron chi connectivity index (χ2n) is 4.03. The number of aryl methyl sites for hydroxylation is 1. The van der Waals surface area contributed by atoms with Gasteiger partial charge in [-0.2, -0.15) is 11.8 Å². The van der Waals surface area contributed by atoms with Crippen LogP contribution in [0, 0.1) is 6.92 Å². The first kappa shape index (κ1) is 16.0. The van der Waals surface area contributed by atoms with E-state index < -0.39 is 12.0 Å². The van der Waals surface area contributed by atoms with Gasteiger partial charge in [0.05, 0.1) is 10.7 Å². The lowest BCUT2D eigenvalue weighted by molar-refractivity contribution is -0.141. The standard InChI is InChI=1S/C12H18N2O3S2/c1-3-10(12(16)17)14-11(15)4-5-18-6-9-7-19-8(2)13-9/h7,10H,3-6H2,1-2H3,(H,14,15)(H,16,17)/t10-/m0/s1. The molecule has 1 rings (SSSR count). The Labute approximate surface area is 120 Å². The van der Waals surface area contributed by atoms with Gasteiger partial charge in [0, 0.05) is 23.3 Å². The maximum absolute atomic E-state index is 11.5. The predicted molar refractivity (Wildman–Crippen MR) is 77.5 cm³/mol. The predicted octanol–water partition coefficient (Wildman–Crippen LogP) is 2.05. The van der Waals surface area contributed by atoms with Gasteiger partial charge in [0.2, 0.25) is 5.91 Å². The molecule has 5 nitrogen and oxygen atoms in total. The summed E-state index contributed by atoms with van der Waals surface area (Å²) in [7, 11) is 0. The Morgan fingerprint density at radius 3 is 2.84 bits per heavy atom. The minimum atomic E-state index is -0.985. The van der Waals surface area contributed by atoms with Crippen molar-refractivity contribution in [1.29, 1.82) is 0 Å². The van der Waals surface area contributed by atoms with Gasteiger partial charge in [-0.05, 0) is 13.3 Å². The summed E-state index contributed by atoms with van der Waals surface area (Å²) in [6, 6.07) is -0.779. The van der Waals surface area contributed by atoms with Crippen molar-refractivity contribution >= 4 is 35.0 Å². The van der Waals surface area contributed by atoms with Gasteiger partial charge in [0.15, 0.2) is 0 Å². The summed E-state index contributed by atoms with van der Waals surface area (Å²) < 4.78 is 0. The molecule has 0 radical (unpaired) electrons. The second-order valence-corrected chi connectivity index (χ2v) is 6.19. The van der Waals surface area contributed by atoms with Crippen LogP contribution in [0.15, 0.2) is 5.38 Å². The Morgan fingerprint density at radius 1 is 1.58 bits per heavy atom. The molecule has 1 atom stereocenters. The van der Waals surface area contributed by atoms with Gasteiger partial charge in [0.25, 0.3) is 0 Å². The third-order valence-electron chi connectivity index (χ3n) is 2.43. The van der Waals surface area contributed by atoms with Crippen molar-refractivity contribution in [2.45, 2.75) is 38.5 Å². The number of aromatic nitrogens is 1. The fraction of sp³-hybridized carbons (Fsp3) is 0.583. The zero-order valence-electron chi connectivity index (χ0n) is 11.0. The largest absolute Gasteiger partial charge is 0.480 e. The number of nitrogens with zero attached hydrogens (tertiary/aromatic N) is 1. The summed E-state index contributed by atoms with van der Waals surface area (Å²) in [5.41, 5.74) is 1.03. The maximum Gasteiger partial charge on any atom is 0.326 e. The molecule has 0 unspecified atom stereocenters. The first-order valence-electron chi connectivity index (χ1n) is 6.03. The summed E-state index contributed by atoms with van der Waals surface area (Å²) in [6.45, 7) is 3.70. The van der Waals surface area contributed by atoms with Gasteiger partial charge in [-0.3, -0.25) is 4.79 Å². The summed E-state index contributed by atoms with van der Waals surface area (Å²) >= 11 is 3.24. The van der Waals surface area contributed by atoms with E-state index in [-0.39, 0.29) is 5.91 Å². The van der Waals surface area contributed by atoms with E-state index in [1.165, 1.54) is 0 Å². The molecule has 0 aliphatic heterocycles. The number of rotatable bonds is 8. The SMILES string of the molecule is CC[C@H](NC(=O)CCSCc1csc(C)n1)C(=O)O. The molecular weight excluding hydrogens is 284 g/mol. The monoisotopic (exact) mass is 302 g/mol. The molecule has 0 aromatic carbocycles. The van der Waals surface area contributed by atoms with Crippen LogP contribution in [0.4, 0.5) is 0 Å². The summed E-state index contributed by atoms with van der Waals surface area (Å²) in [5, 5.41) is 14.4. The number of thiazole rings is 1. The molecule has 1 heterocycles. The van der Waals surface area contributed by atoms with Crippen LogP contribution in [0.3, 0.4) is 0 Å². The molecule has 19 heavy (non-hydrogen) atoms. The minimum Gasteiger partial charge on any atom is -0.480 e. The highest BCUT2D eigenvalue weighted by Crippen LogP contribution is 2.15. The van der Waals surface area contributed by atoms with Gasteiger partial charge in [0.1, 0.15) is 6.04 Å². The molecule has 7 heteroatoms. The quantitative estimate of drug-likeness (QED) is 0.719. The van der Waals surface area contributed by atoms with Crippen molar-refractivity contribution in [3.05, 3.63) is 16.1 Å². The smallest absolute Gasteiger partial charge is 0.326 e. The lowest BCUT2D eigenvalue weighted by Gasteiger charge is -2.11. The lowest BCUT2D eigenvalue weighted by Crippen LogP contribution is -2.40. The van der Waals surface area contributed by atoms with Crippen LogP contribution in [-0.4, -0.2) is 33.8 Å². The molecule has 0 saturated carbocycles. The van der Waals surface area contributed by atoms with Gasteiger partial charge in [-0.1, -0.05) is 6.92 Å². The summed E-state index contributed by atoms with van der Waals surface area (Å²) in [4.78, 5) is 26.6. The highest BCUT2D eigenvalue weighted by Gasteiger charge is 2.16.